The van der Waals surface area contributed by atoms with Gasteiger partial charge in [-0.05, 0) is 54.7 Å². The minimum atomic E-state index is -0.396. The molecular weight excluding hydrogens is 502 g/mol. The number of hydrogen-bond donors (Lipinski definition) is 2. The van der Waals surface area contributed by atoms with Gasteiger partial charge in [-0.25, -0.2) is 0 Å². The number of benzene rings is 3. The van der Waals surface area contributed by atoms with Crippen molar-refractivity contribution in [3.8, 4) is 28.7 Å². The Labute approximate surface area is 218 Å². The first kappa shape index (κ1) is 25.0. The Bertz CT molecular complexity index is 1450. The maximum Gasteiger partial charge on any atom is 0.261 e. The van der Waals surface area contributed by atoms with Crippen LogP contribution in [-0.2, 0) is 0 Å². The van der Waals surface area contributed by atoms with Crippen LogP contribution >= 0.6 is 23.8 Å². The van der Waals surface area contributed by atoms with Crippen molar-refractivity contribution in [2.24, 2.45) is 0 Å². The second-order valence-electron chi connectivity index (χ2n) is 7.39. The van der Waals surface area contributed by atoms with Crippen LogP contribution in [-0.4, -0.2) is 37.3 Å². The number of hydrogen-bond acceptors (Lipinski definition) is 7. The minimum Gasteiger partial charge on any atom is -0.496 e. The van der Waals surface area contributed by atoms with Crippen molar-refractivity contribution >= 4 is 51.4 Å². The van der Waals surface area contributed by atoms with Crippen LogP contribution in [0.25, 0.3) is 10.9 Å². The number of ether oxygens (including phenoxy) is 4. The largest absolute Gasteiger partial charge is 0.496 e. The number of nitrogens with zero attached hydrogens (tertiary/aromatic N) is 1. The Morgan fingerprint density at radius 2 is 1.58 bits per heavy atom. The number of para-hydroxylation sites is 1. The molecule has 0 radical (unpaired) electrons. The van der Waals surface area contributed by atoms with Gasteiger partial charge in [0.1, 0.15) is 17.2 Å². The SMILES string of the molecule is COc1cc2nccc(Oc3ccc(NC(=S)NC(=O)c4ccccc4OC)cc3Cl)c2cc1OC. The van der Waals surface area contributed by atoms with Crippen LogP contribution in [0.4, 0.5) is 5.69 Å². The molecule has 1 amide bonds. The zero-order chi connectivity index (χ0) is 25.7. The summed E-state index contributed by atoms with van der Waals surface area (Å²) < 4.78 is 22.1. The molecule has 4 rings (SSSR count). The normalized spacial score (nSPS) is 10.4. The van der Waals surface area contributed by atoms with Gasteiger partial charge in [0, 0.05) is 23.3 Å². The van der Waals surface area contributed by atoms with Crippen molar-refractivity contribution in [2.75, 3.05) is 26.6 Å². The Morgan fingerprint density at radius 1 is 0.861 bits per heavy atom. The van der Waals surface area contributed by atoms with E-state index in [-0.39, 0.29) is 5.11 Å². The van der Waals surface area contributed by atoms with E-state index < -0.39 is 5.91 Å². The average Bonchev–Trinajstić information content (AvgIpc) is 2.89. The van der Waals surface area contributed by atoms with E-state index >= 15 is 0 Å². The number of rotatable bonds is 7. The monoisotopic (exact) mass is 523 g/mol. The van der Waals surface area contributed by atoms with Crippen LogP contribution in [0.5, 0.6) is 28.7 Å². The molecule has 0 bridgehead atoms. The van der Waals surface area contributed by atoms with Gasteiger partial charge in [0.2, 0.25) is 0 Å². The van der Waals surface area contributed by atoms with Crippen molar-refractivity contribution in [3.63, 3.8) is 0 Å². The second kappa shape index (κ2) is 11.1. The number of anilines is 1. The lowest BCUT2D eigenvalue weighted by molar-refractivity contribution is 0.0974. The zero-order valence-electron chi connectivity index (χ0n) is 19.6. The summed E-state index contributed by atoms with van der Waals surface area (Å²) in [5, 5.41) is 6.75. The van der Waals surface area contributed by atoms with Gasteiger partial charge in [0.25, 0.3) is 5.91 Å². The lowest BCUT2D eigenvalue weighted by atomic mass is 10.2. The number of carbonyl (C=O) groups is 1. The van der Waals surface area contributed by atoms with Gasteiger partial charge >= 0.3 is 0 Å². The van der Waals surface area contributed by atoms with Crippen LogP contribution in [0.3, 0.4) is 0 Å². The third-order valence-electron chi connectivity index (χ3n) is 5.20. The molecule has 2 N–H and O–H groups in total. The number of carbonyl (C=O) groups excluding carboxylic acids is 1. The van der Waals surface area contributed by atoms with E-state index in [0.29, 0.717) is 50.5 Å². The number of pyridine rings is 1. The molecule has 0 aliphatic heterocycles. The summed E-state index contributed by atoms with van der Waals surface area (Å²) in [5.41, 5.74) is 1.61. The number of halogens is 1. The predicted octanol–water partition coefficient (Wildman–Crippen LogP) is 5.83. The minimum absolute atomic E-state index is 0.108. The molecule has 3 aromatic carbocycles. The summed E-state index contributed by atoms with van der Waals surface area (Å²) in [5.74, 6) is 2.14. The van der Waals surface area contributed by atoms with Gasteiger partial charge in [0.05, 0.1) is 37.4 Å². The summed E-state index contributed by atoms with van der Waals surface area (Å²) in [4.78, 5) is 16.9. The molecule has 0 spiro atoms. The highest BCUT2D eigenvalue weighted by Crippen LogP contribution is 2.38. The lowest BCUT2D eigenvalue weighted by Gasteiger charge is -2.14. The van der Waals surface area contributed by atoms with E-state index in [1.165, 1.54) is 7.11 Å². The fourth-order valence-corrected chi connectivity index (χ4v) is 3.91. The summed E-state index contributed by atoms with van der Waals surface area (Å²) in [6, 6.07) is 17.2. The molecule has 184 valence electrons. The molecule has 10 heteroatoms. The molecule has 4 aromatic rings. The quantitative estimate of drug-likeness (QED) is 0.292. The first-order valence-corrected chi connectivity index (χ1v) is 11.5. The van der Waals surface area contributed by atoms with Crippen LogP contribution in [0.2, 0.25) is 5.02 Å². The van der Waals surface area contributed by atoms with Crippen molar-refractivity contribution in [1.82, 2.24) is 10.3 Å². The highest BCUT2D eigenvalue weighted by Gasteiger charge is 2.15. The van der Waals surface area contributed by atoms with E-state index in [9.17, 15) is 4.79 Å². The summed E-state index contributed by atoms with van der Waals surface area (Å²) in [6.45, 7) is 0. The van der Waals surface area contributed by atoms with Gasteiger partial charge in [-0.1, -0.05) is 23.7 Å². The van der Waals surface area contributed by atoms with Crippen molar-refractivity contribution in [2.45, 2.75) is 0 Å². The van der Waals surface area contributed by atoms with Gasteiger partial charge in [-0.15, -0.1) is 0 Å². The van der Waals surface area contributed by atoms with Crippen molar-refractivity contribution in [1.29, 1.82) is 0 Å². The second-order valence-corrected chi connectivity index (χ2v) is 8.20. The van der Waals surface area contributed by atoms with Crippen LogP contribution < -0.4 is 29.6 Å². The highest BCUT2D eigenvalue weighted by molar-refractivity contribution is 7.80. The molecule has 0 aliphatic rings. The molecule has 1 aromatic heterocycles. The van der Waals surface area contributed by atoms with E-state index in [1.807, 2.05) is 0 Å². The number of nitrogens with one attached hydrogen (secondary N) is 2. The van der Waals surface area contributed by atoms with Crippen molar-refractivity contribution < 1.29 is 23.7 Å². The fourth-order valence-electron chi connectivity index (χ4n) is 3.48. The third-order valence-corrected chi connectivity index (χ3v) is 5.69. The third kappa shape index (κ3) is 5.42. The number of methoxy groups -OCH3 is 3. The maximum absolute atomic E-state index is 12.6. The molecule has 8 nitrogen and oxygen atoms in total. The van der Waals surface area contributed by atoms with Crippen LogP contribution in [0, 0.1) is 0 Å². The number of fused-ring (bicyclic) bond motifs is 1. The Balaban J connectivity index is 1.49. The van der Waals surface area contributed by atoms with Gasteiger partial charge in [0.15, 0.2) is 16.6 Å². The van der Waals surface area contributed by atoms with Crippen LogP contribution in [0.15, 0.2) is 66.9 Å². The molecule has 0 saturated heterocycles. The van der Waals surface area contributed by atoms with Gasteiger partial charge in [-0.2, -0.15) is 0 Å². The van der Waals surface area contributed by atoms with E-state index in [4.69, 9.17) is 42.8 Å². The zero-order valence-corrected chi connectivity index (χ0v) is 21.2. The molecule has 36 heavy (non-hydrogen) atoms. The van der Waals surface area contributed by atoms with Gasteiger partial charge in [-0.3, -0.25) is 15.1 Å². The standard InChI is InChI=1S/C26H22ClN3O5S/c1-32-20-7-5-4-6-16(20)25(31)30-26(36)29-15-8-9-22(18(27)12-15)35-21-10-11-28-19-14-24(34-3)23(33-2)13-17(19)21/h4-14H,1-3H3,(H2,29,30,31,36). The molecule has 0 atom stereocenters. The average molecular weight is 524 g/mol. The smallest absolute Gasteiger partial charge is 0.261 e. The summed E-state index contributed by atoms with van der Waals surface area (Å²) in [6.07, 6.45) is 1.64. The fraction of sp³-hybridized carbons (Fsp3) is 0.115. The number of thiocarbonyl (C=S) groups is 1. The number of aromatic nitrogens is 1. The first-order chi connectivity index (χ1) is 17.4. The maximum atomic E-state index is 12.6. The Morgan fingerprint density at radius 3 is 2.31 bits per heavy atom. The van der Waals surface area contributed by atoms with E-state index in [1.54, 1.807) is 81.1 Å². The molecule has 0 fully saturated rings. The Kier molecular flexibility index (Phi) is 7.72. The first-order valence-electron chi connectivity index (χ1n) is 10.7. The molecule has 0 unspecified atom stereocenters. The van der Waals surface area contributed by atoms with E-state index in [0.717, 1.165) is 5.39 Å². The van der Waals surface area contributed by atoms with Crippen LogP contribution in [0.1, 0.15) is 10.4 Å². The molecule has 0 aliphatic carbocycles. The summed E-state index contributed by atoms with van der Waals surface area (Å²) in [7, 11) is 4.62. The molecule has 0 saturated carbocycles. The van der Waals surface area contributed by atoms with E-state index in [2.05, 4.69) is 15.6 Å². The van der Waals surface area contributed by atoms with Gasteiger partial charge < -0.3 is 24.3 Å². The number of amides is 1. The molecular formula is C26H22ClN3O5S. The Hall–Kier alpha value is -4.08. The lowest BCUT2D eigenvalue weighted by Crippen LogP contribution is -2.34. The van der Waals surface area contributed by atoms with Crippen molar-refractivity contribution in [3.05, 3.63) is 77.4 Å². The molecule has 1 heterocycles. The highest BCUT2D eigenvalue weighted by atomic mass is 35.5. The topological polar surface area (TPSA) is 90.9 Å². The predicted molar refractivity (Wildman–Crippen MR) is 143 cm³/mol. The summed E-state index contributed by atoms with van der Waals surface area (Å²) >= 11 is 11.8.